The Morgan fingerprint density at radius 1 is 0.650 bits per heavy atom. The lowest BCUT2D eigenvalue weighted by molar-refractivity contribution is -0.298. The minimum Gasteiger partial charge on any atom is -0.394 e. The molecular weight excluding hydrogens is 787 g/mol. The quantitative estimate of drug-likeness (QED) is 0.0195. The van der Waals surface area contributed by atoms with Crippen LogP contribution >= 0.6 is 0 Å². The Morgan fingerprint density at radius 3 is 1.50 bits per heavy atom. The summed E-state index contributed by atoms with van der Waals surface area (Å²) in [6, 6.07) is -0.946. The number of ether oxygens (including phenoxy) is 2. The molecule has 1 rings (SSSR count). The van der Waals surface area contributed by atoms with Gasteiger partial charge in [-0.05, 0) is 44.9 Å². The normalized spacial score (nSPS) is 20.9. The predicted molar refractivity (Wildman–Crippen MR) is 241 cm³/mol. The van der Waals surface area contributed by atoms with Crippen molar-refractivity contribution in [3.05, 3.63) is 24.3 Å². The summed E-state index contributed by atoms with van der Waals surface area (Å²) >= 11 is 0. The van der Waals surface area contributed by atoms with Gasteiger partial charge in [0.2, 0.25) is 5.91 Å². The van der Waals surface area contributed by atoms with Gasteiger partial charge in [0.05, 0.1) is 25.4 Å². The maximum Gasteiger partial charge on any atom is 0.397 e. The third-order valence-electron chi connectivity index (χ3n) is 11.5. The molecule has 60 heavy (non-hydrogen) atoms. The smallest absolute Gasteiger partial charge is 0.394 e. The number of unbranched alkanes of at least 4 members (excludes halogenated alkanes) is 27. The summed E-state index contributed by atoms with van der Waals surface area (Å²) in [7, 11) is -5.08. The molecule has 0 bridgehead atoms. The van der Waals surface area contributed by atoms with Crippen molar-refractivity contribution < 1.29 is 51.8 Å². The van der Waals surface area contributed by atoms with Crippen LogP contribution in [0.25, 0.3) is 0 Å². The van der Waals surface area contributed by atoms with Gasteiger partial charge in [-0.15, -0.1) is 0 Å². The Bertz CT molecular complexity index is 1170. The highest BCUT2D eigenvalue weighted by atomic mass is 32.3. The van der Waals surface area contributed by atoms with E-state index in [-0.39, 0.29) is 18.9 Å². The van der Waals surface area contributed by atoms with Gasteiger partial charge in [0.1, 0.15) is 24.4 Å². The van der Waals surface area contributed by atoms with Crippen LogP contribution in [0.5, 0.6) is 0 Å². The Morgan fingerprint density at radius 2 is 1.07 bits per heavy atom. The van der Waals surface area contributed by atoms with E-state index in [1.165, 1.54) is 128 Å². The van der Waals surface area contributed by atoms with E-state index in [9.17, 15) is 38.2 Å². The second-order valence-electron chi connectivity index (χ2n) is 17.0. The van der Waals surface area contributed by atoms with Crippen LogP contribution in [0, 0.1) is 0 Å². The van der Waals surface area contributed by atoms with Gasteiger partial charge in [-0.1, -0.05) is 186 Å². The first kappa shape index (κ1) is 56.6. The number of hydrogen-bond acceptors (Lipinski definition) is 10. The second kappa shape index (κ2) is 38.1. The van der Waals surface area contributed by atoms with Crippen molar-refractivity contribution in [3.8, 4) is 0 Å². The van der Waals surface area contributed by atoms with Gasteiger partial charge >= 0.3 is 10.4 Å². The molecule has 0 aromatic rings. The molecule has 12 nitrogen and oxygen atoms in total. The Labute approximate surface area is 365 Å². The van der Waals surface area contributed by atoms with Crippen LogP contribution < -0.4 is 5.32 Å². The zero-order valence-corrected chi connectivity index (χ0v) is 38.6. The van der Waals surface area contributed by atoms with Crippen molar-refractivity contribution in [2.45, 2.75) is 256 Å². The largest absolute Gasteiger partial charge is 0.397 e. The van der Waals surface area contributed by atoms with Gasteiger partial charge in [-0.2, -0.15) is 8.42 Å². The molecule has 7 unspecified atom stereocenters. The van der Waals surface area contributed by atoms with Crippen LogP contribution in [0.1, 0.15) is 213 Å². The Hall–Kier alpha value is -1.42. The minimum absolute atomic E-state index is 0.260. The zero-order valence-electron chi connectivity index (χ0n) is 37.8. The third-order valence-corrected chi connectivity index (χ3v) is 11.9. The second-order valence-corrected chi connectivity index (χ2v) is 18.1. The molecule has 1 amide bonds. The minimum atomic E-state index is -5.08. The lowest BCUT2D eigenvalue weighted by Crippen LogP contribution is -2.61. The van der Waals surface area contributed by atoms with Gasteiger partial charge < -0.3 is 35.2 Å². The summed E-state index contributed by atoms with van der Waals surface area (Å²) in [6.45, 7) is 3.39. The summed E-state index contributed by atoms with van der Waals surface area (Å²) in [5, 5.41) is 44.7. The standard InChI is InChI=1S/C47H89NO11S/c1-3-5-7-9-11-13-15-17-19-21-22-24-26-28-30-32-34-36-41(50)40(39-57-47-45(53)46(59-60(54,55)56)44(52)42(38-49)58-47)48-43(51)37-35-33-31-29-27-25-23-20-18-16-14-12-10-8-6-4-2/h20,23,34,36,40-42,44-47,49-50,52-53H,3-19,21-22,24-33,35,37-39H2,1-2H3,(H,48,51)(H,54,55,56)/b23-20-,36-34+. The topological polar surface area (TPSA) is 192 Å². The first-order valence-electron chi connectivity index (χ1n) is 24.2. The monoisotopic (exact) mass is 876 g/mol. The SMILES string of the molecule is CCCCCCCCC/C=C\CCCCCCCC(=O)NC(COC1OC(CO)C(O)C(OS(=O)(=O)O)C1O)C(O)/C=C/CCCCCCCCCCCCCCCCC. The number of carbonyl (C=O) groups excluding carboxylic acids is 1. The highest BCUT2D eigenvalue weighted by Crippen LogP contribution is 2.26. The maximum absolute atomic E-state index is 13.0. The van der Waals surface area contributed by atoms with Crippen molar-refractivity contribution in [2.24, 2.45) is 0 Å². The summed E-state index contributed by atoms with van der Waals surface area (Å²) in [5.41, 5.74) is 0. The number of allylic oxidation sites excluding steroid dienone is 3. The van der Waals surface area contributed by atoms with Crippen LogP contribution in [0.15, 0.2) is 24.3 Å². The molecule has 0 aromatic heterocycles. The van der Waals surface area contributed by atoms with E-state index in [1.54, 1.807) is 6.08 Å². The van der Waals surface area contributed by atoms with Crippen molar-refractivity contribution in [1.82, 2.24) is 5.32 Å². The molecule has 1 aliphatic heterocycles. The first-order valence-corrected chi connectivity index (χ1v) is 25.6. The maximum atomic E-state index is 13.0. The molecule has 1 saturated heterocycles. The molecule has 0 aliphatic carbocycles. The fraction of sp³-hybridized carbons (Fsp3) is 0.894. The van der Waals surface area contributed by atoms with E-state index in [1.807, 2.05) is 6.08 Å². The van der Waals surface area contributed by atoms with E-state index in [0.717, 1.165) is 57.8 Å². The fourth-order valence-corrected chi connectivity index (χ4v) is 8.19. The highest BCUT2D eigenvalue weighted by molar-refractivity contribution is 7.80. The molecule has 0 saturated carbocycles. The van der Waals surface area contributed by atoms with Crippen LogP contribution in [0.2, 0.25) is 0 Å². The number of aliphatic hydroxyl groups is 4. The molecule has 6 N–H and O–H groups in total. The van der Waals surface area contributed by atoms with Crippen molar-refractivity contribution in [2.75, 3.05) is 13.2 Å². The number of hydrogen-bond donors (Lipinski definition) is 6. The molecule has 1 heterocycles. The van der Waals surface area contributed by atoms with Gasteiger partial charge in [0.15, 0.2) is 6.29 Å². The third kappa shape index (κ3) is 30.6. The Balaban J connectivity index is 2.51. The van der Waals surface area contributed by atoms with Crippen molar-refractivity contribution in [3.63, 3.8) is 0 Å². The summed E-state index contributed by atoms with van der Waals surface area (Å²) in [5.74, 6) is -0.270. The molecule has 0 aromatic carbocycles. The molecule has 0 radical (unpaired) electrons. The average Bonchev–Trinajstić information content (AvgIpc) is 3.22. The molecule has 1 fully saturated rings. The van der Waals surface area contributed by atoms with Crippen molar-refractivity contribution in [1.29, 1.82) is 0 Å². The molecule has 0 spiro atoms. The first-order chi connectivity index (χ1) is 29.0. The van der Waals surface area contributed by atoms with Crippen LogP contribution in [-0.2, 0) is 28.9 Å². The van der Waals surface area contributed by atoms with E-state index < -0.39 is 59.9 Å². The van der Waals surface area contributed by atoms with Crippen molar-refractivity contribution >= 4 is 16.3 Å². The molecular formula is C47H89NO11S. The molecule has 13 heteroatoms. The number of rotatable bonds is 41. The fourth-order valence-electron chi connectivity index (χ4n) is 7.68. The van der Waals surface area contributed by atoms with E-state index in [4.69, 9.17) is 9.47 Å². The average molecular weight is 876 g/mol. The van der Waals surface area contributed by atoms with Crippen LogP contribution in [0.4, 0.5) is 0 Å². The number of nitrogens with one attached hydrogen (secondary N) is 1. The van der Waals surface area contributed by atoms with Gasteiger partial charge in [0.25, 0.3) is 0 Å². The van der Waals surface area contributed by atoms with E-state index >= 15 is 0 Å². The number of carbonyl (C=O) groups is 1. The van der Waals surface area contributed by atoms with Gasteiger partial charge in [0, 0.05) is 6.42 Å². The summed E-state index contributed by atoms with van der Waals surface area (Å²) < 4.78 is 47.6. The van der Waals surface area contributed by atoms with Gasteiger partial charge in [-0.25, -0.2) is 4.18 Å². The number of amides is 1. The van der Waals surface area contributed by atoms with Crippen LogP contribution in [-0.4, -0.2) is 95.4 Å². The molecule has 354 valence electrons. The molecule has 7 atom stereocenters. The lowest BCUT2D eigenvalue weighted by Gasteiger charge is -2.41. The Kier molecular flexibility index (Phi) is 35.9. The summed E-state index contributed by atoms with van der Waals surface area (Å²) in [4.78, 5) is 13.0. The lowest BCUT2D eigenvalue weighted by atomic mass is 9.99. The van der Waals surface area contributed by atoms with Crippen LogP contribution in [0.3, 0.4) is 0 Å². The molecule has 1 aliphatic rings. The van der Waals surface area contributed by atoms with Gasteiger partial charge in [-0.3, -0.25) is 9.35 Å². The zero-order chi connectivity index (χ0) is 44.1. The van der Waals surface area contributed by atoms with E-state index in [0.29, 0.717) is 6.42 Å². The number of aliphatic hydroxyl groups excluding tert-OH is 4. The van der Waals surface area contributed by atoms with E-state index in [2.05, 4.69) is 35.5 Å². The summed E-state index contributed by atoms with van der Waals surface area (Å²) in [6.07, 6.45) is 34.9. The highest BCUT2D eigenvalue weighted by Gasteiger charge is 2.48. The predicted octanol–water partition coefficient (Wildman–Crippen LogP) is 9.72.